The van der Waals surface area contributed by atoms with E-state index in [0.717, 1.165) is 15.6 Å². The molecule has 6 heteroatoms. The lowest BCUT2D eigenvalue weighted by molar-refractivity contribution is -0.149. The summed E-state index contributed by atoms with van der Waals surface area (Å²) in [5.41, 5.74) is 0.967. The van der Waals surface area contributed by atoms with E-state index in [2.05, 4.69) is 26.1 Å². The maximum absolute atomic E-state index is 12.0. The molecule has 0 aliphatic carbocycles. The van der Waals surface area contributed by atoms with E-state index in [9.17, 15) is 4.79 Å². The molecule has 5 nitrogen and oxygen atoms in total. The van der Waals surface area contributed by atoms with Gasteiger partial charge in [0, 0.05) is 10.0 Å². The number of hydrogen-bond acceptors (Lipinski definition) is 5. The largest absolute Gasteiger partial charge is 0.465 e. The molecular weight excluding hydrogens is 336 g/mol. The van der Waals surface area contributed by atoms with Gasteiger partial charge < -0.3 is 9.26 Å². The van der Waals surface area contributed by atoms with Crippen molar-refractivity contribution < 1.29 is 14.1 Å². The Kier molecular flexibility index (Phi) is 4.46. The van der Waals surface area contributed by atoms with Crippen LogP contribution in [0.2, 0.25) is 0 Å². The SMILES string of the molecule is CCOC(=O)C(C)(C)c1nc(-c2ccc(C)cc2Br)no1. The molecule has 0 N–H and O–H groups in total. The van der Waals surface area contributed by atoms with Crippen LogP contribution in [0.15, 0.2) is 27.2 Å². The van der Waals surface area contributed by atoms with Crippen LogP contribution >= 0.6 is 15.9 Å². The van der Waals surface area contributed by atoms with E-state index in [1.165, 1.54) is 0 Å². The van der Waals surface area contributed by atoms with Crippen molar-refractivity contribution >= 4 is 21.9 Å². The van der Waals surface area contributed by atoms with E-state index >= 15 is 0 Å². The van der Waals surface area contributed by atoms with E-state index in [0.29, 0.717) is 12.4 Å². The fraction of sp³-hybridized carbons (Fsp3) is 0.400. The fourth-order valence-electron chi connectivity index (χ4n) is 1.79. The summed E-state index contributed by atoms with van der Waals surface area (Å²) in [5, 5.41) is 3.96. The van der Waals surface area contributed by atoms with E-state index < -0.39 is 5.41 Å². The number of rotatable bonds is 4. The van der Waals surface area contributed by atoms with Gasteiger partial charge >= 0.3 is 5.97 Å². The van der Waals surface area contributed by atoms with Crippen molar-refractivity contribution in [2.45, 2.75) is 33.1 Å². The normalized spacial score (nSPS) is 11.5. The Morgan fingerprint density at radius 2 is 2.14 bits per heavy atom. The van der Waals surface area contributed by atoms with Crippen LogP contribution < -0.4 is 0 Å². The molecule has 0 saturated carbocycles. The standard InChI is InChI=1S/C15H17BrN2O3/c1-5-20-14(19)15(3,4)13-17-12(18-21-13)10-7-6-9(2)8-11(10)16/h6-8H,5H2,1-4H3. The first-order valence-corrected chi connectivity index (χ1v) is 7.43. The maximum atomic E-state index is 12.0. The molecule has 0 bridgehead atoms. The molecule has 0 aliphatic heterocycles. The van der Waals surface area contributed by atoms with Crippen LogP contribution in [0.1, 0.15) is 32.2 Å². The lowest BCUT2D eigenvalue weighted by Crippen LogP contribution is -2.31. The van der Waals surface area contributed by atoms with Crippen molar-refractivity contribution in [2.24, 2.45) is 0 Å². The second kappa shape index (κ2) is 5.97. The summed E-state index contributed by atoms with van der Waals surface area (Å²) >= 11 is 3.48. The highest BCUT2D eigenvalue weighted by atomic mass is 79.9. The minimum atomic E-state index is -0.974. The maximum Gasteiger partial charge on any atom is 0.321 e. The van der Waals surface area contributed by atoms with Crippen LogP contribution in [-0.4, -0.2) is 22.7 Å². The Bertz CT molecular complexity index is 665. The van der Waals surface area contributed by atoms with E-state index in [1.807, 2.05) is 25.1 Å². The summed E-state index contributed by atoms with van der Waals surface area (Å²) in [6.45, 7) is 7.47. The lowest BCUT2D eigenvalue weighted by atomic mass is 9.94. The van der Waals surface area contributed by atoms with Crippen molar-refractivity contribution in [1.82, 2.24) is 10.1 Å². The summed E-state index contributed by atoms with van der Waals surface area (Å²) < 4.78 is 11.2. The van der Waals surface area contributed by atoms with Crippen molar-refractivity contribution in [2.75, 3.05) is 6.61 Å². The zero-order chi connectivity index (χ0) is 15.6. The molecule has 0 atom stereocenters. The third-order valence-corrected chi connectivity index (χ3v) is 3.77. The minimum absolute atomic E-state index is 0.239. The molecule has 0 radical (unpaired) electrons. The average Bonchev–Trinajstić information content (AvgIpc) is 2.89. The van der Waals surface area contributed by atoms with Gasteiger partial charge in [0.2, 0.25) is 11.7 Å². The second-order valence-corrected chi connectivity index (χ2v) is 6.11. The van der Waals surface area contributed by atoms with Gasteiger partial charge in [0.25, 0.3) is 0 Å². The molecule has 0 fully saturated rings. The predicted octanol–water partition coefficient (Wildman–Crippen LogP) is 3.65. The highest BCUT2D eigenvalue weighted by Gasteiger charge is 2.37. The Hall–Kier alpha value is -1.69. The Labute approximate surface area is 131 Å². The van der Waals surface area contributed by atoms with Gasteiger partial charge in [-0.25, -0.2) is 0 Å². The molecule has 0 amide bonds. The number of ether oxygens (including phenoxy) is 1. The van der Waals surface area contributed by atoms with Crippen LogP contribution in [0.3, 0.4) is 0 Å². The molecule has 21 heavy (non-hydrogen) atoms. The molecule has 2 rings (SSSR count). The van der Waals surface area contributed by atoms with Gasteiger partial charge in [-0.15, -0.1) is 0 Å². The number of carbonyl (C=O) groups excluding carboxylic acids is 1. The Morgan fingerprint density at radius 3 is 2.76 bits per heavy atom. The molecule has 0 saturated heterocycles. The first-order chi connectivity index (χ1) is 9.86. The summed E-state index contributed by atoms with van der Waals surface area (Å²) in [6, 6.07) is 5.85. The fourth-order valence-corrected chi connectivity index (χ4v) is 2.46. The van der Waals surface area contributed by atoms with Crippen LogP contribution in [0.5, 0.6) is 0 Å². The van der Waals surface area contributed by atoms with Crippen molar-refractivity contribution in [1.29, 1.82) is 0 Å². The first kappa shape index (κ1) is 15.7. The number of nitrogens with zero attached hydrogens (tertiary/aromatic N) is 2. The van der Waals surface area contributed by atoms with Crippen LogP contribution in [-0.2, 0) is 14.9 Å². The van der Waals surface area contributed by atoms with Gasteiger partial charge in [0.15, 0.2) is 0 Å². The third kappa shape index (κ3) is 3.15. The van der Waals surface area contributed by atoms with Gasteiger partial charge in [-0.05, 0) is 45.4 Å². The highest BCUT2D eigenvalue weighted by molar-refractivity contribution is 9.10. The number of aromatic nitrogens is 2. The number of halogens is 1. The highest BCUT2D eigenvalue weighted by Crippen LogP contribution is 2.30. The zero-order valence-electron chi connectivity index (χ0n) is 12.4. The molecule has 0 spiro atoms. The Morgan fingerprint density at radius 1 is 1.43 bits per heavy atom. The summed E-state index contributed by atoms with van der Waals surface area (Å²) in [6.07, 6.45) is 0. The Balaban J connectivity index is 2.35. The molecule has 1 aromatic carbocycles. The number of benzene rings is 1. The van der Waals surface area contributed by atoms with Crippen molar-refractivity contribution in [3.8, 4) is 11.4 Å². The number of carbonyl (C=O) groups is 1. The predicted molar refractivity (Wildman–Crippen MR) is 81.8 cm³/mol. The van der Waals surface area contributed by atoms with Crippen molar-refractivity contribution in [3.63, 3.8) is 0 Å². The van der Waals surface area contributed by atoms with Gasteiger partial charge in [-0.3, -0.25) is 4.79 Å². The first-order valence-electron chi connectivity index (χ1n) is 6.64. The molecule has 0 unspecified atom stereocenters. The molecule has 0 aliphatic rings. The molecule has 1 heterocycles. The number of hydrogen-bond donors (Lipinski definition) is 0. The quantitative estimate of drug-likeness (QED) is 0.785. The molecular formula is C15H17BrN2O3. The average molecular weight is 353 g/mol. The van der Waals surface area contributed by atoms with Gasteiger partial charge in [0.1, 0.15) is 5.41 Å². The number of esters is 1. The van der Waals surface area contributed by atoms with Gasteiger partial charge in [0.05, 0.1) is 6.61 Å². The molecule has 112 valence electrons. The summed E-state index contributed by atoms with van der Waals surface area (Å²) in [4.78, 5) is 16.3. The smallest absolute Gasteiger partial charge is 0.321 e. The lowest BCUT2D eigenvalue weighted by Gasteiger charge is -2.16. The van der Waals surface area contributed by atoms with Crippen LogP contribution in [0.4, 0.5) is 0 Å². The second-order valence-electron chi connectivity index (χ2n) is 5.25. The molecule has 1 aromatic heterocycles. The van der Waals surface area contributed by atoms with Crippen molar-refractivity contribution in [3.05, 3.63) is 34.1 Å². The van der Waals surface area contributed by atoms with E-state index in [-0.39, 0.29) is 11.9 Å². The monoisotopic (exact) mass is 352 g/mol. The topological polar surface area (TPSA) is 65.2 Å². The van der Waals surface area contributed by atoms with E-state index in [4.69, 9.17) is 9.26 Å². The minimum Gasteiger partial charge on any atom is -0.465 e. The van der Waals surface area contributed by atoms with Gasteiger partial charge in [-0.1, -0.05) is 27.2 Å². The van der Waals surface area contributed by atoms with Crippen LogP contribution in [0.25, 0.3) is 11.4 Å². The van der Waals surface area contributed by atoms with Gasteiger partial charge in [-0.2, -0.15) is 4.98 Å². The number of aryl methyl sites for hydroxylation is 1. The summed E-state index contributed by atoms with van der Waals surface area (Å²) in [7, 11) is 0. The molecule has 2 aromatic rings. The van der Waals surface area contributed by atoms with E-state index in [1.54, 1.807) is 20.8 Å². The third-order valence-electron chi connectivity index (χ3n) is 3.11. The summed E-state index contributed by atoms with van der Waals surface area (Å²) in [5.74, 6) is 0.292. The van der Waals surface area contributed by atoms with Crippen LogP contribution in [0, 0.1) is 6.92 Å². The zero-order valence-corrected chi connectivity index (χ0v) is 14.0.